The molecule has 0 saturated carbocycles. The van der Waals surface area contributed by atoms with Gasteiger partial charge in [0.1, 0.15) is 5.75 Å². The van der Waals surface area contributed by atoms with E-state index < -0.39 is 17.8 Å². The number of ether oxygens (including phenoxy) is 1. The van der Waals surface area contributed by atoms with Crippen molar-refractivity contribution < 1.29 is 27.5 Å². The lowest BCUT2D eigenvalue weighted by atomic mass is 10.1. The van der Waals surface area contributed by atoms with Crippen molar-refractivity contribution in [2.75, 3.05) is 13.7 Å². The summed E-state index contributed by atoms with van der Waals surface area (Å²) in [5.74, 6) is 0.0971. The number of halogens is 3. The Hall–Kier alpha value is -1.96. The molecule has 20 heavy (non-hydrogen) atoms. The second-order valence-corrected chi connectivity index (χ2v) is 3.74. The number of hydrogen-bond acceptors (Lipinski definition) is 3. The van der Waals surface area contributed by atoms with E-state index in [1.165, 1.54) is 19.2 Å². The lowest BCUT2D eigenvalue weighted by Gasteiger charge is -2.15. The van der Waals surface area contributed by atoms with Crippen molar-refractivity contribution in [2.45, 2.75) is 19.6 Å². The van der Waals surface area contributed by atoms with Gasteiger partial charge in [-0.3, -0.25) is 4.84 Å². The number of nitrogens with one attached hydrogen (secondary N) is 2. The molecular weight excluding hydrogens is 277 g/mol. The summed E-state index contributed by atoms with van der Waals surface area (Å²) in [6.45, 7) is 1.63. The number of hydrogen-bond donors (Lipinski definition) is 2. The average molecular weight is 292 g/mol. The average Bonchev–Trinajstić information content (AvgIpc) is 2.41. The highest BCUT2D eigenvalue weighted by atomic mass is 19.4. The van der Waals surface area contributed by atoms with Crippen molar-refractivity contribution in [3.8, 4) is 5.75 Å². The minimum atomic E-state index is -4.53. The van der Waals surface area contributed by atoms with Gasteiger partial charge in [-0.2, -0.15) is 13.2 Å². The predicted octanol–water partition coefficient (Wildman–Crippen LogP) is 2.46. The zero-order valence-corrected chi connectivity index (χ0v) is 11.0. The normalized spacial score (nSPS) is 11.1. The fourth-order valence-corrected chi connectivity index (χ4v) is 1.45. The van der Waals surface area contributed by atoms with Crippen molar-refractivity contribution in [2.24, 2.45) is 0 Å². The molecule has 0 aliphatic rings. The SMILES string of the molecule is CCONC(=O)NCc1ccc(OC)cc1C(F)(F)F. The number of rotatable bonds is 5. The first kappa shape index (κ1) is 16.1. The topological polar surface area (TPSA) is 59.6 Å². The number of carbonyl (C=O) groups is 1. The molecule has 0 saturated heterocycles. The second kappa shape index (κ2) is 6.99. The highest BCUT2D eigenvalue weighted by molar-refractivity contribution is 5.72. The Labute approximate surface area is 114 Å². The third-order valence-electron chi connectivity index (χ3n) is 2.37. The fourth-order valence-electron chi connectivity index (χ4n) is 1.45. The molecule has 2 N–H and O–H groups in total. The minimum absolute atomic E-state index is 0.0649. The van der Waals surface area contributed by atoms with E-state index >= 15 is 0 Å². The maximum absolute atomic E-state index is 12.9. The molecule has 1 aromatic carbocycles. The van der Waals surface area contributed by atoms with Crippen LogP contribution in [-0.2, 0) is 17.6 Å². The Morgan fingerprint density at radius 2 is 2.05 bits per heavy atom. The van der Waals surface area contributed by atoms with Crippen molar-refractivity contribution in [3.63, 3.8) is 0 Å². The van der Waals surface area contributed by atoms with Gasteiger partial charge < -0.3 is 10.1 Å². The van der Waals surface area contributed by atoms with E-state index in [2.05, 4.69) is 10.2 Å². The van der Waals surface area contributed by atoms with Gasteiger partial charge in [-0.1, -0.05) is 6.07 Å². The number of carbonyl (C=O) groups excluding carboxylic acids is 1. The molecule has 8 heteroatoms. The lowest BCUT2D eigenvalue weighted by molar-refractivity contribution is -0.138. The molecule has 0 unspecified atom stereocenters. The number of amides is 2. The first-order valence-electron chi connectivity index (χ1n) is 5.78. The fraction of sp³-hybridized carbons (Fsp3) is 0.417. The molecule has 0 fully saturated rings. The van der Waals surface area contributed by atoms with Gasteiger partial charge in [0.05, 0.1) is 19.3 Å². The summed E-state index contributed by atoms with van der Waals surface area (Å²) < 4.78 is 43.4. The van der Waals surface area contributed by atoms with Crippen LogP contribution in [0.5, 0.6) is 5.75 Å². The van der Waals surface area contributed by atoms with Gasteiger partial charge in [-0.05, 0) is 24.6 Å². The zero-order valence-electron chi connectivity index (χ0n) is 11.0. The molecule has 0 aliphatic carbocycles. The van der Waals surface area contributed by atoms with E-state index in [1.807, 2.05) is 5.48 Å². The Balaban J connectivity index is 2.81. The van der Waals surface area contributed by atoms with Crippen LogP contribution in [0.3, 0.4) is 0 Å². The van der Waals surface area contributed by atoms with Crippen LogP contribution in [0.15, 0.2) is 18.2 Å². The van der Waals surface area contributed by atoms with Crippen molar-refractivity contribution in [1.82, 2.24) is 10.8 Å². The molecule has 0 atom stereocenters. The number of benzene rings is 1. The van der Waals surface area contributed by atoms with Gasteiger partial charge in [-0.15, -0.1) is 0 Å². The van der Waals surface area contributed by atoms with E-state index in [0.717, 1.165) is 6.07 Å². The third kappa shape index (κ3) is 4.61. The molecule has 112 valence electrons. The Morgan fingerprint density at radius 1 is 1.35 bits per heavy atom. The summed E-state index contributed by atoms with van der Waals surface area (Å²) in [7, 11) is 1.28. The largest absolute Gasteiger partial charge is 0.497 e. The van der Waals surface area contributed by atoms with Crippen LogP contribution in [0.1, 0.15) is 18.1 Å². The Bertz CT molecular complexity index is 464. The van der Waals surface area contributed by atoms with Gasteiger partial charge in [0.2, 0.25) is 0 Å². The van der Waals surface area contributed by atoms with Gasteiger partial charge >= 0.3 is 12.2 Å². The Morgan fingerprint density at radius 3 is 2.60 bits per heavy atom. The van der Waals surface area contributed by atoms with E-state index in [1.54, 1.807) is 6.92 Å². The summed E-state index contributed by atoms with van der Waals surface area (Å²) in [5.41, 5.74) is 1.11. The maximum atomic E-state index is 12.9. The van der Waals surface area contributed by atoms with Crippen LogP contribution in [0.2, 0.25) is 0 Å². The van der Waals surface area contributed by atoms with Crippen LogP contribution in [0.4, 0.5) is 18.0 Å². The second-order valence-electron chi connectivity index (χ2n) is 3.74. The molecule has 1 rings (SSSR count). The number of alkyl halides is 3. The summed E-state index contributed by atoms with van der Waals surface area (Å²) in [5, 5.41) is 2.27. The molecule has 5 nitrogen and oxygen atoms in total. The lowest BCUT2D eigenvalue weighted by Crippen LogP contribution is -2.35. The molecule has 1 aromatic rings. The molecule has 2 amide bonds. The standard InChI is InChI=1S/C12H15F3N2O3/c1-3-20-17-11(18)16-7-8-4-5-9(19-2)6-10(8)12(13,14)15/h4-6H,3,7H2,1-2H3,(H2,16,17,18). The van der Waals surface area contributed by atoms with Crippen molar-refractivity contribution in [1.29, 1.82) is 0 Å². The molecule has 0 radical (unpaired) electrons. The van der Waals surface area contributed by atoms with Gasteiger partial charge in [-0.25, -0.2) is 10.3 Å². The van der Waals surface area contributed by atoms with Crippen LogP contribution in [-0.4, -0.2) is 19.7 Å². The smallest absolute Gasteiger partial charge is 0.416 e. The van der Waals surface area contributed by atoms with E-state index in [9.17, 15) is 18.0 Å². The summed E-state index contributed by atoms with van der Waals surface area (Å²) in [4.78, 5) is 15.8. The summed E-state index contributed by atoms with van der Waals surface area (Å²) in [6, 6.07) is 2.82. The minimum Gasteiger partial charge on any atom is -0.497 e. The highest BCUT2D eigenvalue weighted by Crippen LogP contribution is 2.34. The summed E-state index contributed by atoms with van der Waals surface area (Å²) >= 11 is 0. The molecule has 0 aliphatic heterocycles. The highest BCUT2D eigenvalue weighted by Gasteiger charge is 2.33. The zero-order chi connectivity index (χ0) is 15.2. The Kier molecular flexibility index (Phi) is 5.63. The van der Waals surface area contributed by atoms with Crippen molar-refractivity contribution in [3.05, 3.63) is 29.3 Å². The van der Waals surface area contributed by atoms with Crippen LogP contribution >= 0.6 is 0 Å². The van der Waals surface area contributed by atoms with E-state index in [4.69, 9.17) is 4.74 Å². The maximum Gasteiger partial charge on any atom is 0.416 e. The molecule has 0 aromatic heterocycles. The number of hydroxylamine groups is 1. The predicted molar refractivity (Wildman–Crippen MR) is 65.0 cm³/mol. The van der Waals surface area contributed by atoms with Crippen LogP contribution < -0.4 is 15.5 Å². The number of urea groups is 1. The number of methoxy groups -OCH3 is 1. The van der Waals surface area contributed by atoms with Gasteiger partial charge in [0.15, 0.2) is 0 Å². The van der Waals surface area contributed by atoms with Crippen LogP contribution in [0.25, 0.3) is 0 Å². The quantitative estimate of drug-likeness (QED) is 0.820. The third-order valence-corrected chi connectivity index (χ3v) is 2.37. The van der Waals surface area contributed by atoms with Gasteiger partial charge in [0, 0.05) is 6.54 Å². The summed E-state index contributed by atoms with van der Waals surface area (Å²) in [6.07, 6.45) is -4.53. The first-order valence-corrected chi connectivity index (χ1v) is 5.78. The van der Waals surface area contributed by atoms with E-state index in [-0.39, 0.29) is 24.5 Å². The molecule has 0 heterocycles. The van der Waals surface area contributed by atoms with Gasteiger partial charge in [0.25, 0.3) is 0 Å². The monoisotopic (exact) mass is 292 g/mol. The first-order chi connectivity index (χ1) is 9.38. The van der Waals surface area contributed by atoms with E-state index in [0.29, 0.717) is 0 Å². The van der Waals surface area contributed by atoms with Crippen LogP contribution in [0, 0.1) is 0 Å². The molecule has 0 spiro atoms. The van der Waals surface area contributed by atoms with Crippen molar-refractivity contribution >= 4 is 6.03 Å². The molecule has 0 bridgehead atoms. The molecular formula is C12H15F3N2O3.